The van der Waals surface area contributed by atoms with E-state index in [1.807, 2.05) is 102 Å². The molecule has 3 saturated carbocycles. The Morgan fingerprint density at radius 3 is 2.00 bits per heavy atom. The van der Waals surface area contributed by atoms with E-state index in [1.54, 1.807) is 6.20 Å². The molecule has 8 aromatic rings. The standard InChI is InChI=1S/C46H37ClN6O3/c47-34-25-35-42(52-53(44(35)48-27-34)46(31-13-4-1-5-14-31,32-15-6-2-7-16-32)33-17-8-3-9-18-33)43-49-36(38-24-30-12-10-11-19-37(30)56-38)26-39(51-43)50-41-29-22-20-28(21-23-29)40(41)45(54)55/h1-19,24-29,40-41H,20-23H2,(H,54,55)(H,49,50,51). The van der Waals surface area contributed by atoms with Crippen LogP contribution in [0.3, 0.4) is 0 Å². The highest BCUT2D eigenvalue weighted by Gasteiger charge is 2.48. The van der Waals surface area contributed by atoms with Gasteiger partial charge in [0.1, 0.15) is 28.3 Å². The number of benzene rings is 4. The quantitative estimate of drug-likeness (QED) is 0.140. The first-order valence-electron chi connectivity index (χ1n) is 19.1. The number of hydrogen-bond acceptors (Lipinski definition) is 7. The molecule has 3 aliphatic carbocycles. The summed E-state index contributed by atoms with van der Waals surface area (Å²) in [7, 11) is 0. The zero-order valence-corrected chi connectivity index (χ0v) is 31.1. The number of nitrogens with zero attached hydrogens (tertiary/aromatic N) is 5. The number of halogens is 1. The second-order valence-electron chi connectivity index (χ2n) is 14.9. The monoisotopic (exact) mass is 756 g/mol. The van der Waals surface area contributed by atoms with Crippen molar-refractivity contribution in [3.05, 3.63) is 161 Å². The molecule has 0 aliphatic heterocycles. The molecule has 9 nitrogen and oxygen atoms in total. The van der Waals surface area contributed by atoms with Crippen molar-refractivity contribution in [1.82, 2.24) is 24.7 Å². The summed E-state index contributed by atoms with van der Waals surface area (Å²) < 4.78 is 8.34. The van der Waals surface area contributed by atoms with Crippen molar-refractivity contribution in [3.8, 4) is 23.0 Å². The molecule has 0 amide bonds. The predicted molar refractivity (Wildman–Crippen MR) is 217 cm³/mol. The van der Waals surface area contributed by atoms with Gasteiger partial charge in [0.2, 0.25) is 0 Å². The van der Waals surface area contributed by atoms with Gasteiger partial charge in [-0.1, -0.05) is 121 Å². The Kier molecular flexibility index (Phi) is 8.40. The maximum absolute atomic E-state index is 12.7. The Morgan fingerprint density at radius 1 is 0.768 bits per heavy atom. The molecule has 56 heavy (non-hydrogen) atoms. The second kappa shape index (κ2) is 13.8. The number of fused-ring (bicyclic) bond motifs is 5. The van der Waals surface area contributed by atoms with Crippen LogP contribution in [0.4, 0.5) is 5.82 Å². The Balaban J connectivity index is 1.23. The van der Waals surface area contributed by atoms with Gasteiger partial charge in [0, 0.05) is 23.7 Å². The lowest BCUT2D eigenvalue weighted by atomic mass is 9.61. The van der Waals surface area contributed by atoms with E-state index < -0.39 is 17.4 Å². The Bertz CT molecular complexity index is 2580. The summed E-state index contributed by atoms with van der Waals surface area (Å²) in [6, 6.07) is 44.1. The number of nitrogens with one attached hydrogen (secondary N) is 1. The minimum atomic E-state index is -0.978. The third-order valence-electron chi connectivity index (χ3n) is 11.8. The molecule has 4 aromatic heterocycles. The van der Waals surface area contributed by atoms with E-state index in [9.17, 15) is 9.90 Å². The van der Waals surface area contributed by atoms with Crippen LogP contribution in [0.2, 0.25) is 5.02 Å². The van der Waals surface area contributed by atoms with Crippen LogP contribution in [-0.4, -0.2) is 41.9 Å². The normalized spacial score (nSPS) is 19.4. The number of furan rings is 1. The van der Waals surface area contributed by atoms with Crippen LogP contribution in [0, 0.1) is 17.8 Å². The van der Waals surface area contributed by atoms with E-state index >= 15 is 0 Å². The molecule has 4 heterocycles. The number of hydrogen-bond donors (Lipinski definition) is 2. The highest BCUT2D eigenvalue weighted by molar-refractivity contribution is 6.31. The van der Waals surface area contributed by atoms with Gasteiger partial charge in [-0.3, -0.25) is 4.79 Å². The zero-order chi connectivity index (χ0) is 37.8. The van der Waals surface area contributed by atoms with Crippen molar-refractivity contribution in [2.75, 3.05) is 5.32 Å². The molecule has 10 heteroatoms. The number of carboxylic acids is 1. The topological polar surface area (TPSA) is 119 Å². The lowest BCUT2D eigenvalue weighted by Crippen LogP contribution is -2.51. The number of pyridine rings is 1. The van der Waals surface area contributed by atoms with Crippen LogP contribution in [0.25, 0.3) is 45.0 Å². The summed E-state index contributed by atoms with van der Waals surface area (Å²) in [5.74, 6) is 0.461. The first-order valence-corrected chi connectivity index (χ1v) is 19.4. The van der Waals surface area contributed by atoms with Crippen LogP contribution in [0.15, 0.2) is 144 Å². The van der Waals surface area contributed by atoms with E-state index in [0.29, 0.717) is 44.8 Å². The summed E-state index contributed by atoms with van der Waals surface area (Å²) in [6.45, 7) is 0. The van der Waals surface area contributed by atoms with Crippen LogP contribution in [0.5, 0.6) is 0 Å². The molecule has 2 unspecified atom stereocenters. The number of carboxylic acid groups (broad SMARTS) is 1. The van der Waals surface area contributed by atoms with Crippen LogP contribution in [-0.2, 0) is 10.3 Å². The lowest BCUT2D eigenvalue weighted by Gasteiger charge is -2.47. The molecule has 0 spiro atoms. The zero-order valence-electron chi connectivity index (χ0n) is 30.3. The number of rotatable bonds is 9. The van der Waals surface area contributed by atoms with E-state index in [1.165, 1.54) is 0 Å². The van der Waals surface area contributed by atoms with Crippen molar-refractivity contribution in [1.29, 1.82) is 0 Å². The van der Waals surface area contributed by atoms with Gasteiger partial charge < -0.3 is 14.8 Å². The molecule has 2 atom stereocenters. The molecule has 3 aliphatic rings. The predicted octanol–water partition coefficient (Wildman–Crippen LogP) is 10.1. The number of aromatic nitrogens is 5. The summed E-state index contributed by atoms with van der Waals surface area (Å²) in [4.78, 5) is 28.0. The molecular formula is C46H37ClN6O3. The van der Waals surface area contributed by atoms with Crippen LogP contribution < -0.4 is 5.32 Å². The molecular weight excluding hydrogens is 720 g/mol. The molecule has 2 N–H and O–H groups in total. The summed E-state index contributed by atoms with van der Waals surface area (Å²) in [5, 5.41) is 21.6. The Labute approximate surface area is 328 Å². The maximum Gasteiger partial charge on any atom is 0.308 e. The SMILES string of the molecule is O=C(O)C1C2CCC(CC2)C1Nc1cc(-c2cc3ccccc3o2)nc(-c2nn(C(c3ccccc3)(c3ccccc3)c3ccccc3)c3ncc(Cl)cc23)n1. The molecule has 4 aromatic carbocycles. The van der Waals surface area contributed by atoms with Crippen LogP contribution in [0.1, 0.15) is 42.4 Å². The van der Waals surface area contributed by atoms with Gasteiger partial charge in [-0.25, -0.2) is 19.6 Å². The summed E-state index contributed by atoms with van der Waals surface area (Å²) >= 11 is 6.74. The third-order valence-corrected chi connectivity index (χ3v) is 12.0. The van der Waals surface area contributed by atoms with Gasteiger partial charge in [0.25, 0.3) is 0 Å². The molecule has 0 saturated heterocycles. The van der Waals surface area contributed by atoms with Crippen molar-refractivity contribution in [3.63, 3.8) is 0 Å². The van der Waals surface area contributed by atoms with Crippen molar-refractivity contribution >= 4 is 45.4 Å². The molecule has 2 bridgehead atoms. The molecule has 3 fully saturated rings. The van der Waals surface area contributed by atoms with Gasteiger partial charge in [0.05, 0.1) is 16.3 Å². The van der Waals surface area contributed by atoms with E-state index in [0.717, 1.165) is 53.3 Å². The number of para-hydroxylation sites is 1. The first kappa shape index (κ1) is 34.2. The first-order chi connectivity index (χ1) is 27.5. The number of aliphatic carboxylic acids is 1. The third kappa shape index (κ3) is 5.64. The molecule has 276 valence electrons. The van der Waals surface area contributed by atoms with E-state index in [-0.39, 0.29) is 17.9 Å². The number of anilines is 1. The fourth-order valence-corrected chi connectivity index (χ4v) is 9.48. The second-order valence-corrected chi connectivity index (χ2v) is 15.3. The Hall–Kier alpha value is -6.32. The van der Waals surface area contributed by atoms with Gasteiger partial charge >= 0.3 is 5.97 Å². The molecule has 0 radical (unpaired) electrons. The average Bonchev–Trinajstić information content (AvgIpc) is 3.85. The lowest BCUT2D eigenvalue weighted by molar-refractivity contribution is -0.148. The average molecular weight is 757 g/mol. The fourth-order valence-electron chi connectivity index (χ4n) is 9.32. The summed E-state index contributed by atoms with van der Waals surface area (Å²) in [5.41, 5.74) is 4.31. The van der Waals surface area contributed by atoms with Gasteiger partial charge in [-0.15, -0.1) is 0 Å². The van der Waals surface area contributed by atoms with Crippen LogP contribution >= 0.6 is 11.6 Å². The Morgan fingerprint density at radius 2 is 1.38 bits per heavy atom. The fraction of sp³-hybridized carbons (Fsp3) is 0.196. The largest absolute Gasteiger partial charge is 0.481 e. The highest BCUT2D eigenvalue weighted by atomic mass is 35.5. The van der Waals surface area contributed by atoms with Gasteiger partial charge in [-0.2, -0.15) is 5.10 Å². The highest BCUT2D eigenvalue weighted by Crippen LogP contribution is 2.47. The minimum Gasteiger partial charge on any atom is -0.481 e. The van der Waals surface area contributed by atoms with Gasteiger partial charge in [0.15, 0.2) is 17.2 Å². The van der Waals surface area contributed by atoms with Crippen molar-refractivity contribution in [2.24, 2.45) is 17.8 Å². The molecule has 11 rings (SSSR count). The maximum atomic E-state index is 12.7. The number of carbonyl (C=O) groups is 1. The summed E-state index contributed by atoms with van der Waals surface area (Å²) in [6.07, 6.45) is 5.48. The van der Waals surface area contributed by atoms with E-state index in [4.69, 9.17) is 36.1 Å². The smallest absolute Gasteiger partial charge is 0.308 e. The van der Waals surface area contributed by atoms with Gasteiger partial charge in [-0.05, 0) is 72.4 Å². The minimum absolute atomic E-state index is 0.126. The van der Waals surface area contributed by atoms with Crippen molar-refractivity contribution < 1.29 is 14.3 Å². The van der Waals surface area contributed by atoms with Crippen molar-refractivity contribution in [2.45, 2.75) is 37.3 Å². The van der Waals surface area contributed by atoms with E-state index in [2.05, 4.69) is 41.7 Å².